The van der Waals surface area contributed by atoms with Gasteiger partial charge in [-0.2, -0.15) is 4.98 Å². The summed E-state index contributed by atoms with van der Waals surface area (Å²) in [6, 6.07) is 2.04. The van der Waals surface area contributed by atoms with Crippen LogP contribution in [0.2, 0.25) is 5.02 Å². The van der Waals surface area contributed by atoms with Gasteiger partial charge in [0.25, 0.3) is 5.88 Å². The van der Waals surface area contributed by atoms with Crippen molar-refractivity contribution >= 4 is 29.1 Å². The molecule has 0 amide bonds. The van der Waals surface area contributed by atoms with Gasteiger partial charge in [0.15, 0.2) is 5.82 Å². The first-order valence-electron chi connectivity index (χ1n) is 12.2. The second-order valence-electron chi connectivity index (χ2n) is 9.85. The average molecular weight is 458 g/mol. The molecule has 2 saturated carbocycles. The molecule has 3 fully saturated rings. The van der Waals surface area contributed by atoms with Crippen LogP contribution in [0.1, 0.15) is 63.1 Å². The van der Waals surface area contributed by atoms with Crippen molar-refractivity contribution in [2.24, 2.45) is 5.92 Å². The lowest BCUT2D eigenvalue weighted by Gasteiger charge is -2.39. The van der Waals surface area contributed by atoms with E-state index in [-0.39, 0.29) is 0 Å². The Morgan fingerprint density at radius 3 is 2.69 bits per heavy atom. The van der Waals surface area contributed by atoms with Crippen molar-refractivity contribution in [1.82, 2.24) is 24.6 Å². The smallest absolute Gasteiger partial charge is 0.257 e. The zero-order valence-electron chi connectivity index (χ0n) is 18.7. The normalized spacial score (nSPS) is 30.1. The molecule has 2 unspecified atom stereocenters. The highest BCUT2D eigenvalue weighted by atomic mass is 35.5. The topological polar surface area (TPSA) is 80.1 Å². The molecule has 32 heavy (non-hydrogen) atoms. The third-order valence-corrected chi connectivity index (χ3v) is 8.16. The Balaban J connectivity index is 1.21. The first kappa shape index (κ1) is 20.5. The number of nitrogens with zero attached hydrogens (tertiary/aromatic N) is 5. The SMILES string of the molecule is Cc1c2c(nn1C1CCC(N3CC4CCC3C4)CC1)OCCCNc1nc(ncc1Cl)N2. The van der Waals surface area contributed by atoms with Gasteiger partial charge < -0.3 is 15.4 Å². The molecule has 0 spiro atoms. The number of likely N-dealkylation sites (tertiary alicyclic amines) is 1. The number of halogens is 1. The predicted molar refractivity (Wildman–Crippen MR) is 125 cm³/mol. The van der Waals surface area contributed by atoms with Gasteiger partial charge in [-0.05, 0) is 64.2 Å². The van der Waals surface area contributed by atoms with Crippen LogP contribution in [-0.4, -0.2) is 56.4 Å². The van der Waals surface area contributed by atoms with Gasteiger partial charge in [0.2, 0.25) is 5.95 Å². The van der Waals surface area contributed by atoms with Crippen LogP contribution in [0.5, 0.6) is 5.88 Å². The minimum Gasteiger partial charge on any atom is -0.475 e. The van der Waals surface area contributed by atoms with E-state index in [9.17, 15) is 0 Å². The number of hydrogen-bond donors (Lipinski definition) is 2. The Hall–Kier alpha value is -2.06. The first-order valence-corrected chi connectivity index (χ1v) is 12.5. The molecule has 2 aromatic rings. The van der Waals surface area contributed by atoms with Crippen molar-refractivity contribution in [1.29, 1.82) is 0 Å². The number of anilines is 3. The second-order valence-corrected chi connectivity index (χ2v) is 10.3. The molecule has 2 atom stereocenters. The van der Waals surface area contributed by atoms with Crippen LogP contribution in [0.4, 0.5) is 17.5 Å². The predicted octanol–water partition coefficient (Wildman–Crippen LogP) is 4.54. The first-order chi connectivity index (χ1) is 15.7. The Morgan fingerprint density at radius 1 is 1.09 bits per heavy atom. The van der Waals surface area contributed by atoms with Crippen LogP contribution in [-0.2, 0) is 0 Å². The fourth-order valence-corrected chi connectivity index (χ4v) is 6.41. The van der Waals surface area contributed by atoms with E-state index in [4.69, 9.17) is 21.4 Å². The maximum atomic E-state index is 6.24. The van der Waals surface area contributed by atoms with E-state index in [2.05, 4.69) is 37.1 Å². The molecule has 6 rings (SSSR count). The van der Waals surface area contributed by atoms with Crippen LogP contribution in [0, 0.1) is 12.8 Å². The summed E-state index contributed by atoms with van der Waals surface area (Å²) in [7, 11) is 0. The third kappa shape index (κ3) is 3.71. The van der Waals surface area contributed by atoms with Crippen molar-refractivity contribution in [3.8, 4) is 5.88 Å². The number of hydrogen-bond acceptors (Lipinski definition) is 7. The summed E-state index contributed by atoms with van der Waals surface area (Å²) in [5.41, 5.74) is 1.94. The van der Waals surface area contributed by atoms with E-state index in [1.54, 1.807) is 6.20 Å². The highest BCUT2D eigenvalue weighted by Gasteiger charge is 2.42. The monoisotopic (exact) mass is 457 g/mol. The van der Waals surface area contributed by atoms with Gasteiger partial charge in [0.05, 0.1) is 24.5 Å². The van der Waals surface area contributed by atoms with Crippen molar-refractivity contribution in [2.45, 2.75) is 76.4 Å². The molecule has 2 N–H and O–H groups in total. The van der Waals surface area contributed by atoms with Crippen molar-refractivity contribution < 1.29 is 4.74 Å². The zero-order chi connectivity index (χ0) is 21.7. The van der Waals surface area contributed by atoms with Gasteiger partial charge in [-0.1, -0.05) is 11.6 Å². The summed E-state index contributed by atoms with van der Waals surface area (Å²) in [4.78, 5) is 11.7. The van der Waals surface area contributed by atoms with Crippen molar-refractivity contribution in [3.63, 3.8) is 0 Å². The molecule has 0 radical (unpaired) electrons. The molecule has 2 aliphatic carbocycles. The number of fused-ring (bicyclic) bond motifs is 5. The quantitative estimate of drug-likeness (QED) is 0.685. The lowest BCUT2D eigenvalue weighted by Crippen LogP contribution is -2.43. The lowest BCUT2D eigenvalue weighted by atomic mass is 9.89. The highest BCUT2D eigenvalue weighted by molar-refractivity contribution is 6.32. The van der Waals surface area contributed by atoms with Gasteiger partial charge in [-0.3, -0.25) is 9.58 Å². The van der Waals surface area contributed by atoms with E-state index >= 15 is 0 Å². The number of nitrogens with one attached hydrogen (secondary N) is 2. The summed E-state index contributed by atoms with van der Waals surface area (Å²) in [5.74, 6) is 2.76. The second kappa shape index (κ2) is 8.37. The van der Waals surface area contributed by atoms with Crippen LogP contribution < -0.4 is 15.4 Å². The molecule has 4 aliphatic rings. The minimum atomic E-state index is 0.417. The molecule has 9 heteroatoms. The number of ether oxygens (including phenoxy) is 1. The molecular weight excluding hydrogens is 426 g/mol. The summed E-state index contributed by atoms with van der Waals surface area (Å²) in [6.45, 7) is 4.77. The van der Waals surface area contributed by atoms with Gasteiger partial charge in [0, 0.05) is 25.2 Å². The molecular formula is C23H32ClN7O. The Kier molecular flexibility index (Phi) is 5.38. The standard InChI is InChI=1S/C23H32ClN7O/c1-14-20-22(32-10-2-9-25-21-19(24)12-26-23(27-20)28-21)29-31(14)17-7-5-16(6-8-17)30-13-15-3-4-18(30)11-15/h12,15-18H,2-11,13H2,1H3,(H2,25,26,27,28). The Labute approximate surface area is 194 Å². The molecule has 172 valence electrons. The minimum absolute atomic E-state index is 0.417. The maximum absolute atomic E-state index is 6.24. The summed E-state index contributed by atoms with van der Waals surface area (Å²) in [5, 5.41) is 12.0. The molecule has 2 aliphatic heterocycles. The summed E-state index contributed by atoms with van der Waals surface area (Å²) >= 11 is 6.24. The van der Waals surface area contributed by atoms with E-state index in [0.717, 1.165) is 42.3 Å². The maximum Gasteiger partial charge on any atom is 0.257 e. The van der Waals surface area contributed by atoms with Crippen LogP contribution in [0.25, 0.3) is 0 Å². The average Bonchev–Trinajstić information content (AvgIpc) is 3.51. The number of aromatic nitrogens is 4. The Bertz CT molecular complexity index is 987. The van der Waals surface area contributed by atoms with Gasteiger partial charge in [0.1, 0.15) is 10.7 Å². The fourth-order valence-electron chi connectivity index (χ4n) is 6.25. The number of rotatable bonds is 2. The lowest BCUT2D eigenvalue weighted by molar-refractivity contribution is 0.102. The Morgan fingerprint density at radius 2 is 1.91 bits per heavy atom. The van der Waals surface area contributed by atoms with Crippen LogP contribution >= 0.6 is 11.6 Å². The van der Waals surface area contributed by atoms with E-state index in [1.165, 1.54) is 51.5 Å². The zero-order valence-corrected chi connectivity index (χ0v) is 19.4. The van der Waals surface area contributed by atoms with Gasteiger partial charge in [-0.25, -0.2) is 4.98 Å². The molecule has 4 bridgehead atoms. The van der Waals surface area contributed by atoms with Crippen LogP contribution in [0.15, 0.2) is 6.20 Å². The van der Waals surface area contributed by atoms with Gasteiger partial charge in [-0.15, -0.1) is 5.10 Å². The highest BCUT2D eigenvalue weighted by Crippen LogP contribution is 2.43. The van der Waals surface area contributed by atoms with E-state index in [1.807, 2.05) is 0 Å². The molecule has 2 aromatic heterocycles. The van der Waals surface area contributed by atoms with Crippen molar-refractivity contribution in [2.75, 3.05) is 30.3 Å². The number of piperidine rings is 1. The molecule has 8 nitrogen and oxygen atoms in total. The third-order valence-electron chi connectivity index (χ3n) is 7.88. The molecule has 0 aromatic carbocycles. The fraction of sp³-hybridized carbons (Fsp3) is 0.696. The van der Waals surface area contributed by atoms with E-state index in [0.29, 0.717) is 35.3 Å². The summed E-state index contributed by atoms with van der Waals surface area (Å²) in [6.07, 6.45) is 11.7. The largest absolute Gasteiger partial charge is 0.475 e. The van der Waals surface area contributed by atoms with Gasteiger partial charge >= 0.3 is 0 Å². The van der Waals surface area contributed by atoms with E-state index < -0.39 is 0 Å². The van der Waals surface area contributed by atoms with Crippen molar-refractivity contribution in [3.05, 3.63) is 16.9 Å². The summed E-state index contributed by atoms with van der Waals surface area (Å²) < 4.78 is 8.27. The molecule has 1 saturated heterocycles. The molecule has 4 heterocycles. The van der Waals surface area contributed by atoms with Crippen LogP contribution in [0.3, 0.4) is 0 Å².